The third kappa shape index (κ3) is 16.0. The van der Waals surface area contributed by atoms with Crippen molar-refractivity contribution in [2.75, 3.05) is 40.6 Å². The van der Waals surface area contributed by atoms with E-state index in [0.29, 0.717) is 25.6 Å². The Balaban J connectivity index is 0.00000333. The van der Waals surface area contributed by atoms with E-state index in [1.807, 2.05) is 88.4 Å². The van der Waals surface area contributed by atoms with Crippen LogP contribution in [0, 0.1) is 0 Å². The molecule has 2 aromatic carbocycles. The lowest BCUT2D eigenvalue weighted by atomic mass is 10.0. The number of aryl methyl sites for hydroxylation is 1. The fourth-order valence-electron chi connectivity index (χ4n) is 4.30. The molecule has 1 aromatic heterocycles. The van der Waals surface area contributed by atoms with E-state index in [2.05, 4.69) is 54.9 Å². The van der Waals surface area contributed by atoms with Crippen LogP contribution in [0.3, 0.4) is 0 Å². The second-order valence-corrected chi connectivity index (χ2v) is 9.65. The summed E-state index contributed by atoms with van der Waals surface area (Å²) in [6, 6.07) is 18.0. The number of aromatic nitrogens is 1. The fourth-order valence-corrected chi connectivity index (χ4v) is 4.30. The van der Waals surface area contributed by atoms with E-state index in [4.69, 9.17) is 24.1 Å². The fraction of sp³-hybridized carbons (Fsp3) is 0.359. The summed E-state index contributed by atoms with van der Waals surface area (Å²) in [5, 5.41) is 7.00. The van der Waals surface area contributed by atoms with Crippen molar-refractivity contribution < 1.29 is 28.9 Å². The van der Waals surface area contributed by atoms with Gasteiger partial charge in [0.25, 0.3) is 0 Å². The highest BCUT2D eigenvalue weighted by molar-refractivity contribution is 5.77. The molecule has 256 valence electrons. The van der Waals surface area contributed by atoms with Gasteiger partial charge in [0.05, 0.1) is 13.7 Å². The molecular formula is C39H54N2O6. The zero-order chi connectivity index (χ0) is 35.5. The molecule has 8 heteroatoms. The summed E-state index contributed by atoms with van der Waals surface area (Å²) in [4.78, 5) is 25.7. The number of methoxy groups -OCH3 is 1. The lowest BCUT2D eigenvalue weighted by Gasteiger charge is -2.21. The van der Waals surface area contributed by atoms with Gasteiger partial charge in [0.15, 0.2) is 0 Å². The number of likely N-dealkylation sites (N-methyl/N-ethyl adjacent to an activating group) is 1. The molecule has 0 unspecified atom stereocenters. The Morgan fingerprint density at radius 2 is 1.64 bits per heavy atom. The first kappa shape index (κ1) is 42.5. The van der Waals surface area contributed by atoms with E-state index in [9.17, 15) is 4.79 Å². The summed E-state index contributed by atoms with van der Waals surface area (Å²) in [5.41, 5.74) is 6.34. The largest absolute Gasteiger partial charge is 0.496 e. The number of carbonyl (C=O) groups excluding carboxylic acids is 2. The average molecular weight is 647 g/mol. The predicted octanol–water partition coefficient (Wildman–Crippen LogP) is 7.64. The van der Waals surface area contributed by atoms with Crippen molar-refractivity contribution in [1.82, 2.24) is 9.88 Å². The van der Waals surface area contributed by atoms with Gasteiger partial charge in [-0.25, -0.2) is 4.98 Å². The highest BCUT2D eigenvalue weighted by Gasteiger charge is 2.08. The normalized spacial score (nSPS) is 10.9. The van der Waals surface area contributed by atoms with Gasteiger partial charge < -0.3 is 28.9 Å². The van der Waals surface area contributed by atoms with E-state index < -0.39 is 0 Å². The predicted molar refractivity (Wildman–Crippen MR) is 194 cm³/mol. The molecule has 3 aromatic rings. The van der Waals surface area contributed by atoms with Crippen LogP contribution in [0.2, 0.25) is 0 Å². The van der Waals surface area contributed by atoms with Gasteiger partial charge in [-0.05, 0) is 73.8 Å². The highest BCUT2D eigenvalue weighted by atomic mass is 16.5. The number of hydrogen-bond donors (Lipinski definition) is 1. The molecule has 0 radical (unpaired) electrons. The van der Waals surface area contributed by atoms with Crippen molar-refractivity contribution in [3.63, 3.8) is 0 Å². The Hall–Kier alpha value is -4.53. The highest BCUT2D eigenvalue weighted by Crippen LogP contribution is 2.24. The molecule has 0 saturated heterocycles. The lowest BCUT2D eigenvalue weighted by Crippen LogP contribution is -2.29. The van der Waals surface area contributed by atoms with Crippen LogP contribution < -0.4 is 14.2 Å². The lowest BCUT2D eigenvalue weighted by molar-refractivity contribution is -0.107. The number of aliphatic hydroxyl groups excluding tert-OH is 1. The van der Waals surface area contributed by atoms with Crippen molar-refractivity contribution in [1.29, 1.82) is 0 Å². The standard InChI is InChI=1S/C35H42N2O4.C2H6.CH4O.CH2O/c1-6-28-12-16-33(17-13-28)41-26-37(7-2)25-27(4)22-30(32-15-19-35(36-24-32)40-8-3)10-9-11-31-23-29(20-21-38)14-18-34(31)39-5;3*1-2/h9-19,21-24H,6-8,20,25-26H2,1-5H3;1-2H3;2H,1H3;1H2/b11-9+,27-22+,30-10+;;;. The number of carbonyl (C=O) groups is 2. The van der Waals surface area contributed by atoms with Crippen molar-refractivity contribution in [2.45, 2.75) is 54.4 Å². The van der Waals surface area contributed by atoms with Crippen LogP contribution in [0.25, 0.3) is 11.6 Å². The molecule has 0 atom stereocenters. The smallest absolute Gasteiger partial charge is 0.213 e. The first-order valence-electron chi connectivity index (χ1n) is 15.9. The molecular weight excluding hydrogens is 592 g/mol. The van der Waals surface area contributed by atoms with Gasteiger partial charge in [-0.2, -0.15) is 0 Å². The van der Waals surface area contributed by atoms with Gasteiger partial charge in [-0.3, -0.25) is 4.90 Å². The van der Waals surface area contributed by atoms with Crippen molar-refractivity contribution in [3.8, 4) is 17.4 Å². The number of ether oxygens (including phenoxy) is 3. The number of rotatable bonds is 16. The van der Waals surface area contributed by atoms with Gasteiger partial charge >= 0.3 is 0 Å². The molecule has 0 aliphatic rings. The van der Waals surface area contributed by atoms with Gasteiger partial charge in [-0.1, -0.05) is 75.8 Å². The Morgan fingerprint density at radius 3 is 2.19 bits per heavy atom. The quantitative estimate of drug-likeness (QED) is 0.0963. The summed E-state index contributed by atoms with van der Waals surface area (Å²) < 4.78 is 17.1. The Morgan fingerprint density at radius 1 is 0.957 bits per heavy atom. The number of aliphatic hydroxyl groups is 1. The summed E-state index contributed by atoms with van der Waals surface area (Å²) >= 11 is 0. The minimum absolute atomic E-state index is 0.368. The van der Waals surface area contributed by atoms with Crippen LogP contribution in [0.4, 0.5) is 0 Å². The molecule has 0 aliphatic heterocycles. The number of allylic oxidation sites excluding steroid dienone is 4. The molecule has 47 heavy (non-hydrogen) atoms. The minimum Gasteiger partial charge on any atom is -0.496 e. The first-order valence-corrected chi connectivity index (χ1v) is 15.9. The molecule has 0 saturated carbocycles. The Bertz CT molecular complexity index is 1350. The van der Waals surface area contributed by atoms with Crippen molar-refractivity contribution >= 4 is 24.7 Å². The summed E-state index contributed by atoms with van der Waals surface area (Å²) in [6.45, 7) is 17.1. The molecule has 3 rings (SSSR count). The molecule has 0 amide bonds. The van der Waals surface area contributed by atoms with Crippen LogP contribution in [0.1, 0.15) is 63.8 Å². The van der Waals surface area contributed by atoms with Crippen LogP contribution in [-0.4, -0.2) is 68.7 Å². The number of hydrogen-bond acceptors (Lipinski definition) is 8. The Kier molecular flexibility index (Phi) is 24.1. The van der Waals surface area contributed by atoms with Crippen LogP contribution >= 0.6 is 0 Å². The van der Waals surface area contributed by atoms with E-state index in [1.54, 1.807) is 7.11 Å². The van der Waals surface area contributed by atoms with Gasteiger partial charge in [-0.15, -0.1) is 0 Å². The van der Waals surface area contributed by atoms with Crippen molar-refractivity contribution in [3.05, 3.63) is 107 Å². The van der Waals surface area contributed by atoms with Crippen LogP contribution in [0.5, 0.6) is 17.4 Å². The van der Waals surface area contributed by atoms with Crippen LogP contribution in [0.15, 0.2) is 84.6 Å². The summed E-state index contributed by atoms with van der Waals surface area (Å²) in [7, 11) is 2.65. The topological polar surface area (TPSA) is 98.2 Å². The van der Waals surface area contributed by atoms with Gasteiger partial charge in [0.2, 0.25) is 5.88 Å². The molecule has 1 heterocycles. The third-order valence-corrected chi connectivity index (χ3v) is 6.59. The number of benzene rings is 2. The number of aldehydes is 1. The van der Waals surface area contributed by atoms with Gasteiger partial charge in [0, 0.05) is 43.5 Å². The van der Waals surface area contributed by atoms with E-state index in [-0.39, 0.29) is 0 Å². The SMILES string of the molecule is C=O.CC.CCOc1ccc(C(/C=C(\C)CN(CC)COc2ccc(CC)cc2)=C/C=C/c2cc(CC=O)ccc2OC)cn1.CO. The first-order chi connectivity index (χ1) is 23.0. The maximum Gasteiger partial charge on any atom is 0.213 e. The monoisotopic (exact) mass is 646 g/mol. The maximum absolute atomic E-state index is 11.0. The van der Waals surface area contributed by atoms with E-state index >= 15 is 0 Å². The van der Waals surface area contributed by atoms with E-state index in [0.717, 1.165) is 66.7 Å². The Labute approximate surface area is 282 Å². The van der Waals surface area contributed by atoms with Crippen molar-refractivity contribution in [2.24, 2.45) is 0 Å². The molecule has 0 fully saturated rings. The minimum atomic E-state index is 0.368. The molecule has 0 bridgehead atoms. The second-order valence-electron chi connectivity index (χ2n) is 9.65. The summed E-state index contributed by atoms with van der Waals surface area (Å²) in [6.07, 6.45) is 12.4. The molecule has 8 nitrogen and oxygen atoms in total. The zero-order valence-corrected chi connectivity index (χ0v) is 29.5. The van der Waals surface area contributed by atoms with Gasteiger partial charge in [0.1, 0.15) is 31.3 Å². The molecule has 0 spiro atoms. The third-order valence-electron chi connectivity index (χ3n) is 6.59. The zero-order valence-electron chi connectivity index (χ0n) is 29.5. The average Bonchev–Trinajstić information content (AvgIpc) is 3.13. The van der Waals surface area contributed by atoms with Crippen LogP contribution in [-0.2, 0) is 22.4 Å². The number of nitrogens with zero attached hydrogens (tertiary/aromatic N) is 2. The number of pyridine rings is 1. The maximum atomic E-state index is 11.0. The summed E-state index contributed by atoms with van der Waals surface area (Å²) in [5.74, 6) is 2.23. The molecule has 0 aliphatic carbocycles. The second kappa shape index (κ2) is 26.7. The van der Waals surface area contributed by atoms with E-state index in [1.165, 1.54) is 11.1 Å². The molecule has 1 N–H and O–H groups in total.